The molecule has 3 nitrogen and oxygen atoms in total. The highest BCUT2D eigenvalue weighted by atomic mass is 35.5. The fraction of sp³-hybridized carbons (Fsp3) is 0.333. The van der Waals surface area contributed by atoms with E-state index in [2.05, 4.69) is 11.1 Å². The van der Waals surface area contributed by atoms with E-state index in [-0.39, 0.29) is 25.1 Å². The molecule has 1 aromatic heterocycles. The molecule has 0 radical (unpaired) electrons. The van der Waals surface area contributed by atoms with Gasteiger partial charge in [0.15, 0.2) is 0 Å². The molecular formula is C12H17ClN2O. The lowest BCUT2D eigenvalue weighted by Crippen LogP contribution is -2.12. The van der Waals surface area contributed by atoms with Crippen molar-refractivity contribution < 1.29 is 5.11 Å². The molecule has 1 aromatic carbocycles. The summed E-state index contributed by atoms with van der Waals surface area (Å²) in [5.74, 6) is 0. The Hall–Kier alpha value is -1.03. The molecule has 0 aliphatic carbocycles. The summed E-state index contributed by atoms with van der Waals surface area (Å²) in [6.45, 7) is 2.15. The van der Waals surface area contributed by atoms with Crippen molar-refractivity contribution in [2.75, 3.05) is 6.61 Å². The van der Waals surface area contributed by atoms with Gasteiger partial charge in [0, 0.05) is 29.2 Å². The second-order valence-corrected chi connectivity index (χ2v) is 3.83. The summed E-state index contributed by atoms with van der Waals surface area (Å²) in [6, 6.07) is 8.01. The zero-order valence-electron chi connectivity index (χ0n) is 9.23. The summed E-state index contributed by atoms with van der Waals surface area (Å²) >= 11 is 0. The van der Waals surface area contributed by atoms with Crippen LogP contribution in [0.25, 0.3) is 10.9 Å². The highest BCUT2D eigenvalue weighted by Crippen LogP contribution is 2.27. The van der Waals surface area contributed by atoms with Crippen molar-refractivity contribution in [3.63, 3.8) is 0 Å². The Morgan fingerprint density at radius 2 is 2.06 bits per heavy atom. The molecule has 2 aromatic rings. The summed E-state index contributed by atoms with van der Waals surface area (Å²) in [5, 5.41) is 10.1. The van der Waals surface area contributed by atoms with E-state index < -0.39 is 0 Å². The van der Waals surface area contributed by atoms with Crippen molar-refractivity contribution in [3.8, 4) is 0 Å². The quantitative estimate of drug-likeness (QED) is 0.771. The van der Waals surface area contributed by atoms with Gasteiger partial charge in [-0.3, -0.25) is 0 Å². The third-order valence-corrected chi connectivity index (χ3v) is 2.75. The van der Waals surface area contributed by atoms with Crippen molar-refractivity contribution in [1.29, 1.82) is 0 Å². The molecule has 88 valence electrons. The van der Waals surface area contributed by atoms with Crippen molar-refractivity contribution in [3.05, 3.63) is 35.5 Å². The number of fused-ring (bicyclic) bond motifs is 1. The molecule has 0 spiro atoms. The van der Waals surface area contributed by atoms with Crippen LogP contribution in [0.15, 0.2) is 24.3 Å². The molecule has 4 heteroatoms. The summed E-state index contributed by atoms with van der Waals surface area (Å²) in [5.41, 5.74) is 9.37. The molecule has 0 saturated heterocycles. The van der Waals surface area contributed by atoms with Gasteiger partial charge in [-0.25, -0.2) is 0 Å². The lowest BCUT2D eigenvalue weighted by Gasteiger charge is -2.10. The van der Waals surface area contributed by atoms with E-state index in [4.69, 9.17) is 10.8 Å². The van der Waals surface area contributed by atoms with Crippen LogP contribution in [-0.4, -0.2) is 16.7 Å². The minimum absolute atomic E-state index is 0. The molecule has 0 fully saturated rings. The van der Waals surface area contributed by atoms with Crippen LogP contribution in [0, 0.1) is 6.92 Å². The second kappa shape index (κ2) is 5.34. The number of aliphatic hydroxyl groups excluding tert-OH is 1. The minimum atomic E-state index is -0.0915. The van der Waals surface area contributed by atoms with Crippen molar-refractivity contribution >= 4 is 23.3 Å². The number of benzene rings is 1. The number of aliphatic hydroxyl groups is 1. The second-order valence-electron chi connectivity index (χ2n) is 3.83. The monoisotopic (exact) mass is 240 g/mol. The summed E-state index contributed by atoms with van der Waals surface area (Å²) in [4.78, 5) is 3.30. The fourth-order valence-electron chi connectivity index (χ4n) is 2.06. The predicted molar refractivity (Wildman–Crippen MR) is 68.9 cm³/mol. The Morgan fingerprint density at radius 3 is 2.75 bits per heavy atom. The Kier molecular flexibility index (Phi) is 4.35. The van der Waals surface area contributed by atoms with Gasteiger partial charge >= 0.3 is 0 Å². The maximum absolute atomic E-state index is 8.91. The lowest BCUT2D eigenvalue weighted by molar-refractivity contribution is 0.276. The van der Waals surface area contributed by atoms with Crippen LogP contribution in [0.2, 0.25) is 0 Å². The van der Waals surface area contributed by atoms with Gasteiger partial charge in [-0.2, -0.15) is 0 Å². The number of hydrogen-bond acceptors (Lipinski definition) is 2. The number of hydrogen-bond donors (Lipinski definition) is 3. The van der Waals surface area contributed by atoms with Crippen molar-refractivity contribution in [2.24, 2.45) is 5.73 Å². The molecule has 0 saturated carbocycles. The number of H-pyrrole nitrogens is 1. The number of nitrogens with two attached hydrogens (primary N) is 1. The number of aromatic nitrogens is 1. The summed E-state index contributed by atoms with van der Waals surface area (Å²) in [6.07, 6.45) is 0.600. The molecule has 0 unspecified atom stereocenters. The van der Waals surface area contributed by atoms with Crippen LogP contribution >= 0.6 is 12.4 Å². The largest absolute Gasteiger partial charge is 0.396 e. The maximum atomic E-state index is 8.91. The third-order valence-electron chi connectivity index (χ3n) is 2.75. The summed E-state index contributed by atoms with van der Waals surface area (Å²) < 4.78 is 0. The molecule has 1 heterocycles. The van der Waals surface area contributed by atoms with Crippen molar-refractivity contribution in [2.45, 2.75) is 19.4 Å². The number of nitrogens with one attached hydrogen (secondary N) is 1. The van der Waals surface area contributed by atoms with Gasteiger partial charge < -0.3 is 15.8 Å². The Morgan fingerprint density at radius 1 is 1.38 bits per heavy atom. The van der Waals surface area contributed by atoms with Crippen LogP contribution in [0.5, 0.6) is 0 Å². The molecule has 0 bridgehead atoms. The average Bonchev–Trinajstić information content (AvgIpc) is 2.54. The predicted octanol–water partition coefficient (Wildman–Crippen LogP) is 2.28. The van der Waals surface area contributed by atoms with Gasteiger partial charge in [0.1, 0.15) is 0 Å². The molecule has 16 heavy (non-hydrogen) atoms. The molecule has 0 amide bonds. The minimum Gasteiger partial charge on any atom is -0.396 e. The number of aryl methyl sites for hydroxylation is 1. The van der Waals surface area contributed by atoms with Crippen LogP contribution in [0.1, 0.15) is 23.7 Å². The van der Waals surface area contributed by atoms with Crippen LogP contribution in [0.3, 0.4) is 0 Å². The number of halogens is 1. The van der Waals surface area contributed by atoms with Crippen LogP contribution in [0.4, 0.5) is 0 Å². The number of para-hydroxylation sites is 1. The van der Waals surface area contributed by atoms with Gasteiger partial charge in [0.05, 0.1) is 0 Å². The topological polar surface area (TPSA) is 62.0 Å². The van der Waals surface area contributed by atoms with E-state index in [0.717, 1.165) is 22.2 Å². The standard InChI is InChI=1S/C12H16N2O.ClH/c1-8-12(10(13)6-7-15)9-4-2-3-5-11(9)14-8;/h2-5,10,14-15H,6-7,13H2,1H3;1H/t10-;/m0./s1. The van der Waals surface area contributed by atoms with Gasteiger partial charge in [0.2, 0.25) is 0 Å². The van der Waals surface area contributed by atoms with E-state index in [1.54, 1.807) is 0 Å². The van der Waals surface area contributed by atoms with Gasteiger partial charge in [-0.1, -0.05) is 18.2 Å². The lowest BCUT2D eigenvalue weighted by atomic mass is 10.0. The van der Waals surface area contributed by atoms with E-state index in [9.17, 15) is 0 Å². The molecule has 0 aliphatic rings. The first-order valence-corrected chi connectivity index (χ1v) is 5.17. The first-order chi connectivity index (χ1) is 7.24. The van der Waals surface area contributed by atoms with E-state index in [1.807, 2.05) is 25.1 Å². The first-order valence-electron chi connectivity index (χ1n) is 5.17. The highest BCUT2D eigenvalue weighted by molar-refractivity contribution is 5.85. The van der Waals surface area contributed by atoms with E-state index >= 15 is 0 Å². The smallest absolute Gasteiger partial charge is 0.0459 e. The highest BCUT2D eigenvalue weighted by Gasteiger charge is 2.14. The summed E-state index contributed by atoms with van der Waals surface area (Å²) in [7, 11) is 0. The van der Waals surface area contributed by atoms with Gasteiger partial charge in [0.25, 0.3) is 0 Å². The van der Waals surface area contributed by atoms with Crippen LogP contribution < -0.4 is 5.73 Å². The average molecular weight is 241 g/mol. The molecule has 4 N–H and O–H groups in total. The van der Waals surface area contributed by atoms with Crippen molar-refractivity contribution in [1.82, 2.24) is 4.98 Å². The van der Waals surface area contributed by atoms with Gasteiger partial charge in [-0.15, -0.1) is 12.4 Å². The Labute approximate surface area is 101 Å². The first kappa shape index (κ1) is 13.0. The maximum Gasteiger partial charge on any atom is 0.0459 e. The zero-order valence-corrected chi connectivity index (χ0v) is 10.1. The SMILES string of the molecule is Cc1[nH]c2ccccc2c1[C@@H](N)CCO.Cl. The molecule has 1 atom stereocenters. The number of aromatic amines is 1. The fourth-order valence-corrected chi connectivity index (χ4v) is 2.06. The van der Waals surface area contributed by atoms with Gasteiger partial charge in [-0.05, 0) is 25.0 Å². The van der Waals surface area contributed by atoms with Crippen LogP contribution in [-0.2, 0) is 0 Å². The molecule has 2 rings (SSSR count). The van der Waals surface area contributed by atoms with E-state index in [1.165, 1.54) is 0 Å². The number of rotatable bonds is 3. The third kappa shape index (κ3) is 2.21. The zero-order chi connectivity index (χ0) is 10.8. The Bertz CT molecular complexity index is 467. The van der Waals surface area contributed by atoms with E-state index in [0.29, 0.717) is 6.42 Å². The molecule has 0 aliphatic heterocycles. The normalized spacial score (nSPS) is 12.4. The molecular weight excluding hydrogens is 224 g/mol. The Balaban J connectivity index is 0.00000128.